The maximum atomic E-state index is 12.1. The largest absolute Gasteiger partial charge is 0.550 e. The SMILES string of the molecule is O=C([O-])c1ccccc1C(=O)NC1CCC(C(=O)[O-])CC1. The fourth-order valence-corrected chi connectivity index (χ4v) is 2.60. The topological polar surface area (TPSA) is 109 Å². The zero-order chi connectivity index (χ0) is 15.4. The third-order valence-corrected chi connectivity index (χ3v) is 3.79. The number of carboxylic acid groups (broad SMARTS) is 2. The number of carbonyl (C=O) groups excluding carboxylic acids is 3. The summed E-state index contributed by atoms with van der Waals surface area (Å²) in [5, 5.41) is 24.5. The van der Waals surface area contributed by atoms with Gasteiger partial charge in [0.15, 0.2) is 0 Å². The predicted octanol–water partition coefficient (Wildman–Crippen LogP) is -0.911. The van der Waals surface area contributed by atoms with Crippen molar-refractivity contribution in [3.8, 4) is 0 Å². The van der Waals surface area contributed by atoms with E-state index in [4.69, 9.17) is 0 Å². The molecule has 1 aromatic carbocycles. The molecule has 6 heteroatoms. The van der Waals surface area contributed by atoms with Crippen molar-refractivity contribution < 1.29 is 24.6 Å². The first-order chi connectivity index (χ1) is 9.99. The second-order valence-corrected chi connectivity index (χ2v) is 5.17. The molecule has 0 saturated heterocycles. The van der Waals surface area contributed by atoms with Crippen LogP contribution in [0.25, 0.3) is 0 Å². The van der Waals surface area contributed by atoms with Crippen molar-refractivity contribution in [1.82, 2.24) is 5.32 Å². The van der Waals surface area contributed by atoms with Crippen molar-refractivity contribution in [3.63, 3.8) is 0 Å². The summed E-state index contributed by atoms with van der Waals surface area (Å²) >= 11 is 0. The monoisotopic (exact) mass is 289 g/mol. The fourth-order valence-electron chi connectivity index (χ4n) is 2.60. The van der Waals surface area contributed by atoms with E-state index < -0.39 is 23.8 Å². The van der Waals surface area contributed by atoms with Crippen molar-refractivity contribution in [1.29, 1.82) is 0 Å². The molecule has 21 heavy (non-hydrogen) atoms. The third-order valence-electron chi connectivity index (χ3n) is 3.79. The predicted molar refractivity (Wildman–Crippen MR) is 69.0 cm³/mol. The van der Waals surface area contributed by atoms with Gasteiger partial charge in [0.2, 0.25) is 0 Å². The molecule has 1 amide bonds. The van der Waals surface area contributed by atoms with Crippen molar-refractivity contribution >= 4 is 17.8 Å². The Bertz CT molecular complexity index is 561. The first-order valence-electron chi connectivity index (χ1n) is 6.81. The number of amides is 1. The van der Waals surface area contributed by atoms with Gasteiger partial charge in [0.05, 0.1) is 5.97 Å². The van der Waals surface area contributed by atoms with Gasteiger partial charge in [-0.05, 0) is 37.7 Å². The third kappa shape index (κ3) is 3.59. The zero-order valence-corrected chi connectivity index (χ0v) is 11.3. The van der Waals surface area contributed by atoms with E-state index in [1.807, 2.05) is 0 Å². The average molecular weight is 289 g/mol. The molecule has 1 N–H and O–H groups in total. The lowest BCUT2D eigenvalue weighted by molar-refractivity contribution is -0.312. The summed E-state index contributed by atoms with van der Waals surface area (Å²) in [4.78, 5) is 33.8. The molecular weight excluding hydrogens is 274 g/mol. The smallest absolute Gasteiger partial charge is 0.252 e. The first kappa shape index (κ1) is 15.0. The summed E-state index contributed by atoms with van der Waals surface area (Å²) in [5.41, 5.74) is -0.0991. The molecule has 0 atom stereocenters. The maximum absolute atomic E-state index is 12.1. The minimum absolute atomic E-state index is 0.0551. The molecule has 0 spiro atoms. The second kappa shape index (κ2) is 6.39. The van der Waals surface area contributed by atoms with Gasteiger partial charge in [-0.15, -0.1) is 0 Å². The Labute approximate surface area is 121 Å². The standard InChI is InChI=1S/C15H17NO5/c17-13(11-3-1-2-4-12(11)15(20)21)16-10-7-5-9(6-8-10)14(18)19/h1-4,9-10H,5-8H2,(H,16,17)(H,18,19)(H,20,21)/p-2. The van der Waals surface area contributed by atoms with Gasteiger partial charge in [0.1, 0.15) is 0 Å². The Hall–Kier alpha value is -2.37. The Morgan fingerprint density at radius 2 is 1.52 bits per heavy atom. The number of rotatable bonds is 4. The Balaban J connectivity index is 2.00. The van der Waals surface area contributed by atoms with Crippen LogP contribution in [0.5, 0.6) is 0 Å². The van der Waals surface area contributed by atoms with Crippen LogP contribution in [0.3, 0.4) is 0 Å². The van der Waals surface area contributed by atoms with Crippen molar-refractivity contribution in [2.24, 2.45) is 5.92 Å². The number of aliphatic carboxylic acids is 1. The summed E-state index contributed by atoms with van der Waals surface area (Å²) in [5.74, 6) is -3.40. The summed E-state index contributed by atoms with van der Waals surface area (Å²) < 4.78 is 0. The van der Waals surface area contributed by atoms with Crippen LogP contribution < -0.4 is 15.5 Å². The summed E-state index contributed by atoms with van der Waals surface area (Å²) in [6.45, 7) is 0. The summed E-state index contributed by atoms with van der Waals surface area (Å²) in [6, 6.07) is 5.69. The molecule has 0 bridgehead atoms. The van der Waals surface area contributed by atoms with Crippen LogP contribution >= 0.6 is 0 Å². The highest BCUT2D eigenvalue weighted by Gasteiger charge is 2.24. The molecule has 1 saturated carbocycles. The Kier molecular flexibility index (Phi) is 4.57. The van der Waals surface area contributed by atoms with Crippen LogP contribution in [0.4, 0.5) is 0 Å². The highest BCUT2D eigenvalue weighted by Crippen LogP contribution is 2.24. The average Bonchev–Trinajstić information content (AvgIpc) is 2.47. The molecule has 0 unspecified atom stereocenters. The lowest BCUT2D eigenvalue weighted by atomic mass is 9.86. The van der Waals surface area contributed by atoms with Crippen LogP contribution in [0.2, 0.25) is 0 Å². The molecule has 0 aliphatic heterocycles. The quantitative estimate of drug-likeness (QED) is 0.771. The number of aromatic carboxylic acids is 1. The van der Waals surface area contributed by atoms with Crippen LogP contribution in [0.15, 0.2) is 24.3 Å². The van der Waals surface area contributed by atoms with Gasteiger partial charge < -0.3 is 25.1 Å². The lowest BCUT2D eigenvalue weighted by Gasteiger charge is -2.29. The van der Waals surface area contributed by atoms with Crippen LogP contribution in [-0.4, -0.2) is 23.9 Å². The number of carbonyl (C=O) groups is 3. The van der Waals surface area contributed by atoms with E-state index in [0.29, 0.717) is 25.7 Å². The van der Waals surface area contributed by atoms with Gasteiger partial charge in [-0.25, -0.2) is 0 Å². The van der Waals surface area contributed by atoms with Gasteiger partial charge in [-0.2, -0.15) is 0 Å². The van der Waals surface area contributed by atoms with Crippen molar-refractivity contribution in [3.05, 3.63) is 35.4 Å². The molecule has 112 valence electrons. The molecule has 1 aliphatic rings. The van der Waals surface area contributed by atoms with E-state index in [9.17, 15) is 24.6 Å². The number of nitrogens with one attached hydrogen (secondary N) is 1. The minimum atomic E-state index is -1.40. The molecule has 1 fully saturated rings. The van der Waals surface area contributed by atoms with Crippen molar-refractivity contribution in [2.75, 3.05) is 0 Å². The molecular formula is C15H15NO5-2. The van der Waals surface area contributed by atoms with Gasteiger partial charge in [0, 0.05) is 23.1 Å². The molecule has 1 aromatic rings. The molecule has 0 radical (unpaired) electrons. The minimum Gasteiger partial charge on any atom is -0.550 e. The summed E-state index contributed by atoms with van der Waals surface area (Å²) in [6.07, 6.45) is 1.99. The molecule has 0 heterocycles. The van der Waals surface area contributed by atoms with E-state index in [1.54, 1.807) is 6.07 Å². The van der Waals surface area contributed by atoms with Crippen LogP contribution in [-0.2, 0) is 4.79 Å². The number of carboxylic acids is 2. The van der Waals surface area contributed by atoms with E-state index in [-0.39, 0.29) is 17.2 Å². The Morgan fingerprint density at radius 3 is 2.05 bits per heavy atom. The highest BCUT2D eigenvalue weighted by molar-refractivity contribution is 6.04. The molecule has 1 aliphatic carbocycles. The number of hydrogen-bond acceptors (Lipinski definition) is 5. The number of hydrogen-bond donors (Lipinski definition) is 1. The fraction of sp³-hybridized carbons (Fsp3) is 0.400. The summed E-state index contributed by atoms with van der Waals surface area (Å²) in [7, 11) is 0. The molecule has 2 rings (SSSR count). The lowest BCUT2D eigenvalue weighted by Crippen LogP contribution is -2.42. The van der Waals surface area contributed by atoms with E-state index in [2.05, 4.69) is 5.32 Å². The highest BCUT2D eigenvalue weighted by atomic mass is 16.4. The first-order valence-corrected chi connectivity index (χ1v) is 6.81. The molecule has 0 aromatic heterocycles. The van der Waals surface area contributed by atoms with Gasteiger partial charge in [-0.3, -0.25) is 4.79 Å². The van der Waals surface area contributed by atoms with E-state index in [0.717, 1.165) is 0 Å². The van der Waals surface area contributed by atoms with Gasteiger partial charge >= 0.3 is 0 Å². The van der Waals surface area contributed by atoms with E-state index in [1.165, 1.54) is 18.2 Å². The van der Waals surface area contributed by atoms with Gasteiger partial charge in [0.25, 0.3) is 5.91 Å². The number of benzene rings is 1. The van der Waals surface area contributed by atoms with Gasteiger partial charge in [-0.1, -0.05) is 18.2 Å². The Morgan fingerprint density at radius 1 is 0.952 bits per heavy atom. The zero-order valence-electron chi connectivity index (χ0n) is 11.3. The normalized spacial score (nSPS) is 21.5. The van der Waals surface area contributed by atoms with Crippen molar-refractivity contribution in [2.45, 2.75) is 31.7 Å². The maximum Gasteiger partial charge on any atom is 0.252 e. The molecule has 6 nitrogen and oxygen atoms in total. The van der Waals surface area contributed by atoms with E-state index >= 15 is 0 Å². The second-order valence-electron chi connectivity index (χ2n) is 5.17. The van der Waals surface area contributed by atoms with Crippen LogP contribution in [0.1, 0.15) is 46.4 Å². The van der Waals surface area contributed by atoms with Crippen LogP contribution in [0, 0.1) is 5.92 Å².